The Bertz CT molecular complexity index is 856. The highest BCUT2D eigenvalue weighted by Crippen LogP contribution is 2.20. The lowest BCUT2D eigenvalue weighted by Crippen LogP contribution is -2.01. The van der Waals surface area contributed by atoms with Crippen molar-refractivity contribution >= 4 is 11.5 Å². The van der Waals surface area contributed by atoms with Crippen molar-refractivity contribution < 1.29 is 14.1 Å². The van der Waals surface area contributed by atoms with Gasteiger partial charge in [0.25, 0.3) is 0 Å². The number of nitrogens with zero attached hydrogens (tertiary/aromatic N) is 2. The van der Waals surface area contributed by atoms with Gasteiger partial charge >= 0.3 is 0 Å². The summed E-state index contributed by atoms with van der Waals surface area (Å²) in [5.74, 6) is 1.83. The number of anilines is 1. The van der Waals surface area contributed by atoms with Crippen LogP contribution in [0.5, 0.6) is 5.75 Å². The Morgan fingerprint density at radius 3 is 2.72 bits per heavy atom. The first-order chi connectivity index (χ1) is 12.2. The first-order valence-electron chi connectivity index (χ1n) is 8.06. The number of hydrogen-bond acceptors (Lipinski definition) is 6. The third kappa shape index (κ3) is 4.23. The van der Waals surface area contributed by atoms with Crippen molar-refractivity contribution in [3.63, 3.8) is 0 Å². The molecule has 0 unspecified atom stereocenters. The van der Waals surface area contributed by atoms with Gasteiger partial charge < -0.3 is 14.6 Å². The molecule has 128 valence electrons. The molecule has 2 aromatic carbocycles. The molecule has 1 aromatic heterocycles. The fourth-order valence-electron chi connectivity index (χ4n) is 2.34. The summed E-state index contributed by atoms with van der Waals surface area (Å²) in [6, 6.07) is 14.8. The summed E-state index contributed by atoms with van der Waals surface area (Å²) in [6.07, 6.45) is 0. The first-order valence-corrected chi connectivity index (χ1v) is 8.06. The van der Waals surface area contributed by atoms with Gasteiger partial charge in [0.05, 0.1) is 13.2 Å². The van der Waals surface area contributed by atoms with E-state index in [4.69, 9.17) is 9.26 Å². The van der Waals surface area contributed by atoms with Gasteiger partial charge in [-0.15, -0.1) is 0 Å². The van der Waals surface area contributed by atoms with Crippen LogP contribution in [0, 0.1) is 0 Å². The fourth-order valence-corrected chi connectivity index (χ4v) is 2.34. The van der Waals surface area contributed by atoms with Crippen molar-refractivity contribution in [3.8, 4) is 17.1 Å². The van der Waals surface area contributed by atoms with Crippen LogP contribution >= 0.6 is 0 Å². The molecule has 3 rings (SSSR count). The average molecular weight is 337 g/mol. The predicted octanol–water partition coefficient (Wildman–Crippen LogP) is 3.95. The van der Waals surface area contributed by atoms with Gasteiger partial charge in [0.2, 0.25) is 11.7 Å². The highest BCUT2D eigenvalue weighted by molar-refractivity contribution is 5.94. The van der Waals surface area contributed by atoms with E-state index in [-0.39, 0.29) is 5.78 Å². The van der Waals surface area contributed by atoms with E-state index in [9.17, 15) is 4.79 Å². The summed E-state index contributed by atoms with van der Waals surface area (Å²) in [4.78, 5) is 15.8. The van der Waals surface area contributed by atoms with Gasteiger partial charge in [-0.3, -0.25) is 4.79 Å². The van der Waals surface area contributed by atoms with Crippen LogP contribution in [0.2, 0.25) is 0 Å². The third-order valence-electron chi connectivity index (χ3n) is 3.60. The number of carbonyl (C=O) groups is 1. The Morgan fingerprint density at radius 1 is 1.20 bits per heavy atom. The number of rotatable bonds is 7. The maximum Gasteiger partial charge on any atom is 0.246 e. The molecular weight excluding hydrogens is 318 g/mol. The van der Waals surface area contributed by atoms with Crippen molar-refractivity contribution in [3.05, 3.63) is 60.0 Å². The number of nitrogens with one attached hydrogen (secondary N) is 1. The van der Waals surface area contributed by atoms with Crippen LogP contribution in [0.3, 0.4) is 0 Å². The predicted molar refractivity (Wildman–Crippen MR) is 94.7 cm³/mol. The van der Waals surface area contributed by atoms with E-state index >= 15 is 0 Å². The van der Waals surface area contributed by atoms with E-state index < -0.39 is 0 Å². The van der Waals surface area contributed by atoms with Gasteiger partial charge in [-0.1, -0.05) is 17.3 Å². The molecule has 0 aliphatic rings. The van der Waals surface area contributed by atoms with E-state index in [0.29, 0.717) is 30.4 Å². The molecule has 0 aliphatic heterocycles. The molecule has 0 saturated carbocycles. The highest BCUT2D eigenvalue weighted by Gasteiger charge is 2.09. The molecule has 0 amide bonds. The monoisotopic (exact) mass is 337 g/mol. The minimum Gasteiger partial charge on any atom is -0.494 e. The van der Waals surface area contributed by atoms with Gasteiger partial charge in [-0.2, -0.15) is 4.98 Å². The van der Waals surface area contributed by atoms with Gasteiger partial charge in [-0.25, -0.2) is 0 Å². The van der Waals surface area contributed by atoms with E-state index in [1.54, 1.807) is 19.1 Å². The topological polar surface area (TPSA) is 77.3 Å². The van der Waals surface area contributed by atoms with E-state index in [2.05, 4.69) is 15.5 Å². The number of Topliss-reactive ketones (excluding diaryl/α,β-unsaturated/α-hetero) is 1. The van der Waals surface area contributed by atoms with Crippen molar-refractivity contribution in [2.75, 3.05) is 11.9 Å². The van der Waals surface area contributed by atoms with Crippen LogP contribution in [-0.2, 0) is 6.54 Å². The van der Waals surface area contributed by atoms with Crippen LogP contribution in [0.15, 0.2) is 53.1 Å². The molecule has 0 fully saturated rings. The quantitative estimate of drug-likeness (QED) is 0.658. The minimum absolute atomic E-state index is 0.0271. The molecule has 1 heterocycles. The Balaban J connectivity index is 1.65. The normalized spacial score (nSPS) is 10.5. The molecular formula is C19H19N3O3. The van der Waals surface area contributed by atoms with Crippen molar-refractivity contribution in [1.29, 1.82) is 0 Å². The van der Waals surface area contributed by atoms with Crippen molar-refractivity contribution in [2.45, 2.75) is 20.4 Å². The molecule has 3 aromatic rings. The van der Waals surface area contributed by atoms with Crippen LogP contribution in [-0.4, -0.2) is 22.5 Å². The smallest absolute Gasteiger partial charge is 0.246 e. The van der Waals surface area contributed by atoms with Gasteiger partial charge in [0.1, 0.15) is 5.75 Å². The molecule has 6 heteroatoms. The lowest BCUT2D eigenvalue weighted by Gasteiger charge is -2.04. The zero-order valence-electron chi connectivity index (χ0n) is 14.2. The van der Waals surface area contributed by atoms with Crippen LogP contribution in [0.1, 0.15) is 30.1 Å². The second-order valence-corrected chi connectivity index (χ2v) is 5.46. The van der Waals surface area contributed by atoms with E-state index in [1.165, 1.54) is 0 Å². The Labute approximate surface area is 145 Å². The van der Waals surface area contributed by atoms with Gasteiger partial charge in [-0.05, 0) is 50.2 Å². The lowest BCUT2D eigenvalue weighted by molar-refractivity contribution is 0.101. The second kappa shape index (κ2) is 7.61. The molecule has 6 nitrogen and oxygen atoms in total. The molecule has 1 N–H and O–H groups in total. The Morgan fingerprint density at radius 2 is 2.00 bits per heavy atom. The molecule has 0 spiro atoms. The molecule has 0 radical (unpaired) electrons. The zero-order valence-corrected chi connectivity index (χ0v) is 14.2. The molecule has 0 saturated heterocycles. The van der Waals surface area contributed by atoms with Crippen LogP contribution in [0.25, 0.3) is 11.4 Å². The molecule has 0 bridgehead atoms. The Kier molecular flexibility index (Phi) is 5.09. The van der Waals surface area contributed by atoms with Gasteiger partial charge in [0, 0.05) is 16.8 Å². The second-order valence-electron chi connectivity index (χ2n) is 5.46. The zero-order chi connectivity index (χ0) is 17.6. The molecule has 0 aliphatic carbocycles. The number of benzene rings is 2. The maximum atomic E-state index is 11.4. The molecule has 25 heavy (non-hydrogen) atoms. The summed E-state index contributed by atoms with van der Waals surface area (Å²) in [5, 5.41) is 7.18. The Hall–Kier alpha value is -3.15. The average Bonchev–Trinajstić information content (AvgIpc) is 3.10. The summed E-state index contributed by atoms with van der Waals surface area (Å²) in [7, 11) is 0. The standard InChI is InChI=1S/C19H19N3O3/c1-3-24-17-9-7-14(8-10-17)19-21-18(25-22-19)12-20-16-6-4-5-15(11-16)13(2)23/h4-11,20H,3,12H2,1-2H3. The van der Waals surface area contributed by atoms with Crippen LogP contribution in [0.4, 0.5) is 5.69 Å². The summed E-state index contributed by atoms with van der Waals surface area (Å²) in [6.45, 7) is 4.49. The minimum atomic E-state index is 0.0271. The van der Waals surface area contributed by atoms with Crippen LogP contribution < -0.4 is 10.1 Å². The third-order valence-corrected chi connectivity index (χ3v) is 3.60. The van der Waals surface area contributed by atoms with Crippen molar-refractivity contribution in [2.24, 2.45) is 0 Å². The van der Waals surface area contributed by atoms with Crippen molar-refractivity contribution in [1.82, 2.24) is 10.1 Å². The summed E-state index contributed by atoms with van der Waals surface area (Å²) < 4.78 is 10.7. The number of hydrogen-bond donors (Lipinski definition) is 1. The number of carbonyl (C=O) groups excluding carboxylic acids is 1. The maximum absolute atomic E-state index is 11.4. The number of ketones is 1. The number of aromatic nitrogens is 2. The largest absolute Gasteiger partial charge is 0.494 e. The number of ether oxygens (including phenoxy) is 1. The SMILES string of the molecule is CCOc1ccc(-c2noc(CNc3cccc(C(C)=O)c3)n2)cc1. The van der Waals surface area contributed by atoms with E-state index in [1.807, 2.05) is 43.3 Å². The first kappa shape index (κ1) is 16.7. The van der Waals surface area contributed by atoms with Gasteiger partial charge in [0.15, 0.2) is 5.78 Å². The van der Waals surface area contributed by atoms with E-state index in [0.717, 1.165) is 17.0 Å². The highest BCUT2D eigenvalue weighted by atomic mass is 16.5. The molecule has 0 atom stereocenters. The lowest BCUT2D eigenvalue weighted by atomic mass is 10.1. The summed E-state index contributed by atoms with van der Waals surface area (Å²) in [5.41, 5.74) is 2.34. The fraction of sp³-hybridized carbons (Fsp3) is 0.211. The summed E-state index contributed by atoms with van der Waals surface area (Å²) >= 11 is 0.